The molecule has 2 rings (SSSR count). The molecule has 1 saturated heterocycles. The van der Waals surface area contributed by atoms with Gasteiger partial charge in [-0.05, 0) is 52.4 Å². The van der Waals surface area contributed by atoms with Crippen molar-refractivity contribution in [3.8, 4) is 0 Å². The van der Waals surface area contributed by atoms with E-state index < -0.39 is 0 Å². The Morgan fingerprint density at radius 3 is 2.83 bits per heavy atom. The number of rotatable bonds is 2. The Morgan fingerprint density at radius 1 is 1.50 bits per heavy atom. The van der Waals surface area contributed by atoms with Crippen molar-refractivity contribution < 1.29 is 4.79 Å². The lowest BCUT2D eigenvalue weighted by Crippen LogP contribution is -2.29. The summed E-state index contributed by atoms with van der Waals surface area (Å²) in [4.78, 5) is 14.4. The number of halogens is 1. The summed E-state index contributed by atoms with van der Waals surface area (Å²) in [6, 6.07) is 5.37. The summed E-state index contributed by atoms with van der Waals surface area (Å²) in [5.41, 5.74) is 7.04. The summed E-state index contributed by atoms with van der Waals surface area (Å²) >= 11 is 3.42. The summed E-state index contributed by atoms with van der Waals surface area (Å²) < 4.78 is 0.815. The lowest BCUT2D eigenvalue weighted by molar-refractivity contribution is 0.0783. The molecule has 2 N–H and O–H groups in total. The fourth-order valence-corrected chi connectivity index (χ4v) is 2.81. The lowest BCUT2D eigenvalue weighted by Gasteiger charge is -2.19. The molecular formula is C14H19BrN2O. The molecule has 98 valence electrons. The van der Waals surface area contributed by atoms with Gasteiger partial charge in [-0.25, -0.2) is 0 Å². The summed E-state index contributed by atoms with van der Waals surface area (Å²) in [6.07, 6.45) is 1.10. The van der Waals surface area contributed by atoms with E-state index in [0.29, 0.717) is 23.1 Å². The van der Waals surface area contributed by atoms with Crippen molar-refractivity contribution in [2.24, 2.45) is 11.8 Å². The number of hydrogen-bond donors (Lipinski definition) is 1. The van der Waals surface area contributed by atoms with Crippen molar-refractivity contribution in [2.75, 3.05) is 18.8 Å². The number of carbonyl (C=O) groups is 1. The van der Waals surface area contributed by atoms with Gasteiger partial charge in [0.25, 0.3) is 5.91 Å². The predicted octanol–water partition coefficient (Wildman–Crippen LogP) is 3.15. The SMILES string of the molecule is CC(C)C1CCN(C(=O)c2cc(N)ccc2Br)C1. The number of nitrogens with two attached hydrogens (primary N) is 1. The van der Waals surface area contributed by atoms with Gasteiger partial charge in [0, 0.05) is 23.2 Å². The first-order valence-electron chi connectivity index (χ1n) is 6.33. The molecule has 0 spiro atoms. The van der Waals surface area contributed by atoms with Gasteiger partial charge in [-0.3, -0.25) is 4.79 Å². The molecular weight excluding hydrogens is 292 g/mol. The van der Waals surface area contributed by atoms with Crippen molar-refractivity contribution in [1.29, 1.82) is 0 Å². The second-order valence-electron chi connectivity index (χ2n) is 5.28. The Bertz CT molecular complexity index is 459. The largest absolute Gasteiger partial charge is 0.399 e. The Labute approximate surface area is 116 Å². The molecule has 1 aliphatic rings. The van der Waals surface area contributed by atoms with Crippen LogP contribution in [0.5, 0.6) is 0 Å². The van der Waals surface area contributed by atoms with Gasteiger partial charge < -0.3 is 10.6 Å². The smallest absolute Gasteiger partial charge is 0.255 e. The molecule has 1 amide bonds. The van der Waals surface area contributed by atoms with Crippen LogP contribution in [0.15, 0.2) is 22.7 Å². The molecule has 1 aliphatic heterocycles. The Hall–Kier alpha value is -1.03. The Balaban J connectivity index is 2.15. The minimum atomic E-state index is 0.0809. The lowest BCUT2D eigenvalue weighted by atomic mass is 9.95. The topological polar surface area (TPSA) is 46.3 Å². The molecule has 0 saturated carbocycles. The second-order valence-corrected chi connectivity index (χ2v) is 6.14. The van der Waals surface area contributed by atoms with Gasteiger partial charge in [-0.1, -0.05) is 13.8 Å². The van der Waals surface area contributed by atoms with Crippen LogP contribution in [0.1, 0.15) is 30.6 Å². The molecule has 1 fully saturated rings. The summed E-state index contributed by atoms with van der Waals surface area (Å²) in [5, 5.41) is 0. The maximum Gasteiger partial charge on any atom is 0.255 e. The first-order valence-corrected chi connectivity index (χ1v) is 7.12. The third-order valence-electron chi connectivity index (χ3n) is 3.68. The third kappa shape index (κ3) is 2.69. The van der Waals surface area contributed by atoms with E-state index in [1.807, 2.05) is 11.0 Å². The van der Waals surface area contributed by atoms with E-state index in [1.165, 1.54) is 0 Å². The van der Waals surface area contributed by atoms with Crippen LogP contribution in [0, 0.1) is 11.8 Å². The number of likely N-dealkylation sites (tertiary alicyclic amines) is 1. The highest BCUT2D eigenvalue weighted by Crippen LogP contribution is 2.27. The maximum absolute atomic E-state index is 12.4. The van der Waals surface area contributed by atoms with Crippen LogP contribution < -0.4 is 5.73 Å². The first kappa shape index (κ1) is 13.4. The van der Waals surface area contributed by atoms with Crippen LogP contribution in [0.3, 0.4) is 0 Å². The zero-order valence-electron chi connectivity index (χ0n) is 10.8. The average molecular weight is 311 g/mol. The molecule has 4 heteroatoms. The van der Waals surface area contributed by atoms with Crippen LogP contribution >= 0.6 is 15.9 Å². The number of amides is 1. The van der Waals surface area contributed by atoms with Crippen LogP contribution in [0.25, 0.3) is 0 Å². The molecule has 0 bridgehead atoms. The number of carbonyl (C=O) groups excluding carboxylic acids is 1. The number of nitrogens with zero attached hydrogens (tertiary/aromatic N) is 1. The van der Waals surface area contributed by atoms with E-state index in [9.17, 15) is 4.79 Å². The zero-order chi connectivity index (χ0) is 13.3. The Kier molecular flexibility index (Phi) is 3.95. The highest BCUT2D eigenvalue weighted by molar-refractivity contribution is 9.10. The van der Waals surface area contributed by atoms with Crippen LogP contribution in [0.2, 0.25) is 0 Å². The molecule has 1 heterocycles. The van der Waals surface area contributed by atoms with Gasteiger partial charge in [0.1, 0.15) is 0 Å². The number of hydrogen-bond acceptors (Lipinski definition) is 2. The van der Waals surface area contributed by atoms with Crippen molar-refractivity contribution in [3.05, 3.63) is 28.2 Å². The molecule has 0 radical (unpaired) electrons. The van der Waals surface area contributed by atoms with Crippen LogP contribution in [-0.4, -0.2) is 23.9 Å². The van der Waals surface area contributed by atoms with E-state index in [1.54, 1.807) is 12.1 Å². The molecule has 1 aromatic carbocycles. The van der Waals surface area contributed by atoms with Crippen molar-refractivity contribution in [3.63, 3.8) is 0 Å². The third-order valence-corrected chi connectivity index (χ3v) is 4.37. The molecule has 0 aromatic heterocycles. The standard InChI is InChI=1S/C14H19BrN2O/c1-9(2)10-5-6-17(8-10)14(18)12-7-11(16)3-4-13(12)15/h3-4,7,9-10H,5-6,8,16H2,1-2H3. The summed E-state index contributed by atoms with van der Waals surface area (Å²) in [6.45, 7) is 6.14. The maximum atomic E-state index is 12.4. The number of benzene rings is 1. The molecule has 1 unspecified atom stereocenters. The van der Waals surface area contributed by atoms with Gasteiger partial charge in [-0.15, -0.1) is 0 Å². The fraction of sp³-hybridized carbons (Fsp3) is 0.500. The highest BCUT2D eigenvalue weighted by Gasteiger charge is 2.29. The highest BCUT2D eigenvalue weighted by atomic mass is 79.9. The van der Waals surface area contributed by atoms with Crippen molar-refractivity contribution in [1.82, 2.24) is 4.90 Å². The van der Waals surface area contributed by atoms with E-state index >= 15 is 0 Å². The zero-order valence-corrected chi connectivity index (χ0v) is 12.4. The van der Waals surface area contributed by atoms with Crippen molar-refractivity contribution >= 4 is 27.5 Å². The molecule has 1 aromatic rings. The van der Waals surface area contributed by atoms with E-state index in [4.69, 9.17) is 5.73 Å². The van der Waals surface area contributed by atoms with Gasteiger partial charge in [0.15, 0.2) is 0 Å². The normalized spacial score (nSPS) is 19.6. The summed E-state index contributed by atoms with van der Waals surface area (Å²) in [7, 11) is 0. The number of nitrogen functional groups attached to an aromatic ring is 1. The van der Waals surface area contributed by atoms with E-state index in [2.05, 4.69) is 29.8 Å². The van der Waals surface area contributed by atoms with Crippen molar-refractivity contribution in [2.45, 2.75) is 20.3 Å². The molecule has 3 nitrogen and oxygen atoms in total. The van der Waals surface area contributed by atoms with Crippen LogP contribution in [0.4, 0.5) is 5.69 Å². The van der Waals surface area contributed by atoms with Crippen LogP contribution in [-0.2, 0) is 0 Å². The average Bonchev–Trinajstić information content (AvgIpc) is 2.81. The molecule has 0 aliphatic carbocycles. The Morgan fingerprint density at radius 2 is 2.22 bits per heavy atom. The predicted molar refractivity (Wildman–Crippen MR) is 77.4 cm³/mol. The monoisotopic (exact) mass is 310 g/mol. The minimum absolute atomic E-state index is 0.0809. The van der Waals surface area contributed by atoms with Gasteiger partial charge in [-0.2, -0.15) is 0 Å². The second kappa shape index (κ2) is 5.31. The molecule has 1 atom stereocenters. The number of anilines is 1. The van der Waals surface area contributed by atoms with E-state index in [-0.39, 0.29) is 5.91 Å². The fourth-order valence-electron chi connectivity index (χ4n) is 2.39. The first-order chi connectivity index (χ1) is 8.49. The summed E-state index contributed by atoms with van der Waals surface area (Å²) in [5.74, 6) is 1.33. The van der Waals surface area contributed by atoms with Gasteiger partial charge >= 0.3 is 0 Å². The van der Waals surface area contributed by atoms with E-state index in [0.717, 1.165) is 24.0 Å². The van der Waals surface area contributed by atoms with Gasteiger partial charge in [0.2, 0.25) is 0 Å². The van der Waals surface area contributed by atoms with Gasteiger partial charge in [0.05, 0.1) is 5.56 Å². The molecule has 18 heavy (non-hydrogen) atoms. The quantitative estimate of drug-likeness (QED) is 0.853. The minimum Gasteiger partial charge on any atom is -0.399 e.